The molecule has 0 aliphatic heterocycles. The fourth-order valence-corrected chi connectivity index (χ4v) is 1.60. The van der Waals surface area contributed by atoms with E-state index in [1.807, 2.05) is 0 Å². The molecule has 0 radical (unpaired) electrons. The number of halogens is 7. The molecule has 8 heteroatoms. The standard InChI is InChI=1S/C12H12F7N/c1-2-3-4-5(12(18)19)20-11-9(16)7(14)6(13)8(15)10(11)17/h5,12,20H,2-4H2,1H3. The Hall–Kier alpha value is -1.47. The Morgan fingerprint density at radius 2 is 1.30 bits per heavy atom. The van der Waals surface area contributed by atoms with Crippen LogP contribution in [0.5, 0.6) is 0 Å². The third kappa shape index (κ3) is 3.34. The highest BCUT2D eigenvalue weighted by Crippen LogP contribution is 2.29. The summed E-state index contributed by atoms with van der Waals surface area (Å²) in [5.41, 5.74) is -1.43. The lowest BCUT2D eigenvalue weighted by atomic mass is 10.1. The van der Waals surface area contributed by atoms with Gasteiger partial charge in [0, 0.05) is 0 Å². The van der Waals surface area contributed by atoms with Gasteiger partial charge in [0.15, 0.2) is 23.3 Å². The molecule has 0 saturated carbocycles. The second-order valence-corrected chi connectivity index (χ2v) is 4.17. The van der Waals surface area contributed by atoms with Crippen LogP contribution in [0.3, 0.4) is 0 Å². The zero-order valence-corrected chi connectivity index (χ0v) is 10.4. The van der Waals surface area contributed by atoms with Gasteiger partial charge in [0.1, 0.15) is 5.69 Å². The van der Waals surface area contributed by atoms with Crippen LogP contribution in [0.25, 0.3) is 0 Å². The minimum absolute atomic E-state index is 0.159. The molecule has 0 aliphatic carbocycles. The van der Waals surface area contributed by atoms with Gasteiger partial charge in [-0.15, -0.1) is 0 Å². The Bertz CT molecular complexity index is 446. The van der Waals surface area contributed by atoms with Gasteiger partial charge >= 0.3 is 0 Å². The zero-order valence-electron chi connectivity index (χ0n) is 10.4. The van der Waals surface area contributed by atoms with Crippen LogP contribution in [0.1, 0.15) is 26.2 Å². The fraction of sp³-hybridized carbons (Fsp3) is 0.500. The Morgan fingerprint density at radius 3 is 1.70 bits per heavy atom. The summed E-state index contributed by atoms with van der Waals surface area (Å²) in [6.07, 6.45) is -2.30. The number of anilines is 1. The van der Waals surface area contributed by atoms with Crippen molar-refractivity contribution in [1.29, 1.82) is 0 Å². The van der Waals surface area contributed by atoms with Crippen molar-refractivity contribution in [3.05, 3.63) is 29.1 Å². The average Bonchev–Trinajstić information content (AvgIpc) is 2.42. The maximum Gasteiger partial charge on any atom is 0.258 e. The molecular weight excluding hydrogens is 291 g/mol. The second-order valence-electron chi connectivity index (χ2n) is 4.17. The monoisotopic (exact) mass is 303 g/mol. The number of rotatable bonds is 6. The average molecular weight is 303 g/mol. The van der Waals surface area contributed by atoms with Crippen LogP contribution in [0.4, 0.5) is 36.4 Å². The summed E-state index contributed by atoms with van der Waals surface area (Å²) in [5.74, 6) is -11.0. The maximum atomic E-state index is 13.3. The number of nitrogens with one attached hydrogen (secondary N) is 1. The lowest BCUT2D eigenvalue weighted by Gasteiger charge is -2.20. The number of unbranched alkanes of at least 4 members (excludes halogenated alkanes) is 1. The lowest BCUT2D eigenvalue weighted by Crippen LogP contribution is -2.29. The molecule has 20 heavy (non-hydrogen) atoms. The molecule has 0 saturated heterocycles. The molecule has 1 unspecified atom stereocenters. The largest absolute Gasteiger partial charge is 0.372 e. The van der Waals surface area contributed by atoms with Crippen molar-refractivity contribution in [3.8, 4) is 0 Å². The molecule has 1 aromatic carbocycles. The summed E-state index contributed by atoms with van der Waals surface area (Å²) in [6.45, 7) is 1.71. The van der Waals surface area contributed by atoms with Crippen LogP contribution in [0.15, 0.2) is 0 Å². The van der Waals surface area contributed by atoms with Gasteiger partial charge in [-0.1, -0.05) is 19.8 Å². The molecule has 1 rings (SSSR count). The molecule has 0 amide bonds. The number of alkyl halides is 2. The zero-order chi connectivity index (χ0) is 15.4. The molecule has 1 nitrogen and oxygen atoms in total. The highest BCUT2D eigenvalue weighted by Gasteiger charge is 2.29. The van der Waals surface area contributed by atoms with Crippen molar-refractivity contribution in [2.45, 2.75) is 38.7 Å². The van der Waals surface area contributed by atoms with E-state index < -0.39 is 47.2 Å². The normalized spacial score (nSPS) is 12.8. The van der Waals surface area contributed by atoms with E-state index in [2.05, 4.69) is 0 Å². The third-order valence-corrected chi connectivity index (χ3v) is 2.71. The lowest BCUT2D eigenvalue weighted by molar-refractivity contribution is 0.119. The summed E-state index contributed by atoms with van der Waals surface area (Å²) >= 11 is 0. The van der Waals surface area contributed by atoms with E-state index in [4.69, 9.17) is 0 Å². The summed E-state index contributed by atoms with van der Waals surface area (Å²) in [6, 6.07) is -1.69. The van der Waals surface area contributed by atoms with E-state index in [0.717, 1.165) is 0 Å². The van der Waals surface area contributed by atoms with Crippen molar-refractivity contribution in [2.24, 2.45) is 0 Å². The highest BCUT2D eigenvalue weighted by molar-refractivity contribution is 5.48. The number of benzene rings is 1. The first-order valence-electron chi connectivity index (χ1n) is 5.87. The molecule has 0 spiro atoms. The van der Waals surface area contributed by atoms with E-state index >= 15 is 0 Å². The van der Waals surface area contributed by atoms with Gasteiger partial charge in [0.2, 0.25) is 5.82 Å². The predicted octanol–water partition coefficient (Wildman–Crippen LogP) is 4.62. The first-order chi connectivity index (χ1) is 9.31. The Kier molecular flexibility index (Phi) is 5.64. The summed E-state index contributed by atoms with van der Waals surface area (Å²) in [5, 5.41) is 1.71. The Morgan fingerprint density at radius 1 is 0.850 bits per heavy atom. The van der Waals surface area contributed by atoms with Gasteiger partial charge in [0.05, 0.1) is 6.04 Å². The molecule has 0 bridgehead atoms. The van der Waals surface area contributed by atoms with Crippen molar-refractivity contribution >= 4 is 5.69 Å². The molecule has 0 fully saturated rings. The minimum atomic E-state index is -3.00. The molecule has 1 N–H and O–H groups in total. The van der Waals surface area contributed by atoms with Gasteiger partial charge < -0.3 is 5.32 Å². The van der Waals surface area contributed by atoms with Crippen molar-refractivity contribution in [3.63, 3.8) is 0 Å². The van der Waals surface area contributed by atoms with E-state index in [0.29, 0.717) is 12.8 Å². The molecule has 1 aromatic rings. The Balaban J connectivity index is 3.13. The van der Waals surface area contributed by atoms with Crippen molar-refractivity contribution in [1.82, 2.24) is 0 Å². The molecule has 0 heterocycles. The SMILES string of the molecule is CCCCC(Nc1c(F)c(F)c(F)c(F)c1F)C(F)F. The van der Waals surface area contributed by atoms with E-state index in [1.54, 1.807) is 12.2 Å². The number of hydrogen-bond acceptors (Lipinski definition) is 1. The van der Waals surface area contributed by atoms with Gasteiger partial charge in [-0.25, -0.2) is 30.7 Å². The van der Waals surface area contributed by atoms with Gasteiger partial charge in [-0.2, -0.15) is 0 Å². The maximum absolute atomic E-state index is 13.3. The van der Waals surface area contributed by atoms with Crippen LogP contribution >= 0.6 is 0 Å². The topological polar surface area (TPSA) is 12.0 Å². The van der Waals surface area contributed by atoms with Gasteiger partial charge in [-0.3, -0.25) is 0 Å². The number of hydrogen-bond donors (Lipinski definition) is 1. The van der Waals surface area contributed by atoms with Crippen LogP contribution in [0, 0.1) is 29.1 Å². The third-order valence-electron chi connectivity index (χ3n) is 2.71. The molecular formula is C12H12F7N. The molecule has 114 valence electrons. The summed E-state index contributed by atoms with van der Waals surface area (Å²) in [4.78, 5) is 0. The predicted molar refractivity (Wildman–Crippen MR) is 59.2 cm³/mol. The fourth-order valence-electron chi connectivity index (χ4n) is 1.60. The van der Waals surface area contributed by atoms with Crippen LogP contribution in [-0.4, -0.2) is 12.5 Å². The van der Waals surface area contributed by atoms with E-state index in [-0.39, 0.29) is 6.42 Å². The minimum Gasteiger partial charge on any atom is -0.372 e. The van der Waals surface area contributed by atoms with Crippen LogP contribution in [0.2, 0.25) is 0 Å². The highest BCUT2D eigenvalue weighted by atomic mass is 19.3. The summed E-state index contributed by atoms with van der Waals surface area (Å²) < 4.78 is 90.6. The first-order valence-corrected chi connectivity index (χ1v) is 5.87. The molecule has 1 atom stereocenters. The van der Waals surface area contributed by atoms with E-state index in [9.17, 15) is 30.7 Å². The van der Waals surface area contributed by atoms with Crippen LogP contribution in [-0.2, 0) is 0 Å². The van der Waals surface area contributed by atoms with Crippen LogP contribution < -0.4 is 5.32 Å². The Labute approximate surface area is 110 Å². The van der Waals surface area contributed by atoms with E-state index in [1.165, 1.54) is 0 Å². The van der Waals surface area contributed by atoms with Crippen molar-refractivity contribution < 1.29 is 30.7 Å². The van der Waals surface area contributed by atoms with Crippen molar-refractivity contribution in [2.75, 3.05) is 5.32 Å². The molecule has 0 aromatic heterocycles. The smallest absolute Gasteiger partial charge is 0.258 e. The first kappa shape index (κ1) is 16.6. The summed E-state index contributed by atoms with van der Waals surface area (Å²) in [7, 11) is 0. The van der Waals surface area contributed by atoms with Gasteiger partial charge in [-0.05, 0) is 6.42 Å². The molecule has 0 aliphatic rings. The van der Waals surface area contributed by atoms with Gasteiger partial charge in [0.25, 0.3) is 6.43 Å². The second kappa shape index (κ2) is 6.81. The quantitative estimate of drug-likeness (QED) is 0.459.